The number of aliphatic hydroxyl groups is 1. The second-order valence-corrected chi connectivity index (χ2v) is 3.97. The minimum Gasteiger partial charge on any atom is -0.489 e. The molecule has 102 valence electrons. The van der Waals surface area contributed by atoms with Crippen LogP contribution in [0.4, 0.5) is 13.2 Å². The van der Waals surface area contributed by atoms with Gasteiger partial charge in [-0.15, -0.1) is 0 Å². The number of methoxy groups -OCH3 is 1. The zero-order chi connectivity index (χ0) is 13.8. The highest BCUT2D eigenvalue weighted by molar-refractivity contribution is 6.32. The van der Waals surface area contributed by atoms with Crippen molar-refractivity contribution in [3.05, 3.63) is 28.8 Å². The molecule has 3 nitrogen and oxygen atoms in total. The molecule has 0 radical (unpaired) electrons. The highest BCUT2D eigenvalue weighted by atomic mass is 35.5. The van der Waals surface area contributed by atoms with Crippen molar-refractivity contribution in [2.75, 3.05) is 20.3 Å². The number of rotatable bonds is 5. The molecule has 0 saturated heterocycles. The monoisotopic (exact) mass is 284 g/mol. The lowest BCUT2D eigenvalue weighted by Crippen LogP contribution is -2.22. The Balaban J connectivity index is 2.76. The van der Waals surface area contributed by atoms with Gasteiger partial charge < -0.3 is 14.6 Å². The molecule has 0 aliphatic carbocycles. The van der Waals surface area contributed by atoms with Crippen molar-refractivity contribution >= 4 is 11.6 Å². The van der Waals surface area contributed by atoms with Gasteiger partial charge in [-0.25, -0.2) is 0 Å². The molecule has 0 saturated carbocycles. The third-order valence-electron chi connectivity index (χ3n) is 2.05. The van der Waals surface area contributed by atoms with Crippen LogP contribution in [0.1, 0.15) is 5.56 Å². The van der Waals surface area contributed by atoms with Crippen LogP contribution >= 0.6 is 11.6 Å². The van der Waals surface area contributed by atoms with E-state index in [4.69, 9.17) is 16.3 Å². The molecule has 0 aromatic heterocycles. The van der Waals surface area contributed by atoms with E-state index in [1.807, 2.05) is 0 Å². The Kier molecular flexibility index (Phi) is 5.25. The van der Waals surface area contributed by atoms with Gasteiger partial charge in [0.25, 0.3) is 0 Å². The third kappa shape index (κ3) is 4.36. The molecule has 0 bridgehead atoms. The van der Waals surface area contributed by atoms with Gasteiger partial charge in [0.2, 0.25) is 0 Å². The minimum absolute atomic E-state index is 0.0244. The van der Waals surface area contributed by atoms with E-state index in [1.54, 1.807) is 0 Å². The van der Waals surface area contributed by atoms with E-state index in [0.29, 0.717) is 0 Å². The van der Waals surface area contributed by atoms with E-state index in [9.17, 15) is 18.3 Å². The SMILES string of the molecule is COC[C@@H](O)COc1cc(C(F)(F)F)ccc1Cl. The first-order valence-electron chi connectivity index (χ1n) is 5.01. The van der Waals surface area contributed by atoms with Gasteiger partial charge in [0.1, 0.15) is 18.5 Å². The van der Waals surface area contributed by atoms with Crippen LogP contribution in [0.2, 0.25) is 5.02 Å². The molecule has 1 rings (SSSR count). The fraction of sp³-hybridized carbons (Fsp3) is 0.455. The summed E-state index contributed by atoms with van der Waals surface area (Å²) in [5.74, 6) is -0.123. The molecule has 1 aromatic rings. The van der Waals surface area contributed by atoms with Crippen LogP contribution in [0.15, 0.2) is 18.2 Å². The lowest BCUT2D eigenvalue weighted by atomic mass is 10.2. The van der Waals surface area contributed by atoms with E-state index in [0.717, 1.165) is 18.2 Å². The average Bonchev–Trinajstić information content (AvgIpc) is 2.26. The van der Waals surface area contributed by atoms with Gasteiger partial charge >= 0.3 is 6.18 Å². The van der Waals surface area contributed by atoms with Crippen LogP contribution in [0.5, 0.6) is 5.75 Å². The molecule has 0 heterocycles. The molecule has 0 aliphatic rings. The summed E-state index contributed by atoms with van der Waals surface area (Å²) < 4.78 is 47.0. The second-order valence-electron chi connectivity index (χ2n) is 3.56. The molecule has 0 amide bonds. The predicted molar refractivity (Wildman–Crippen MR) is 59.8 cm³/mol. The molecule has 0 fully saturated rings. The molecule has 0 unspecified atom stereocenters. The largest absolute Gasteiger partial charge is 0.489 e. The summed E-state index contributed by atoms with van der Waals surface area (Å²) in [4.78, 5) is 0. The Labute approximate surface area is 107 Å². The Bertz CT molecular complexity index is 396. The molecule has 0 spiro atoms. The number of aliphatic hydroxyl groups excluding tert-OH is 1. The van der Waals surface area contributed by atoms with Gasteiger partial charge in [-0.3, -0.25) is 0 Å². The summed E-state index contributed by atoms with van der Waals surface area (Å²) >= 11 is 5.70. The maximum atomic E-state index is 12.5. The van der Waals surface area contributed by atoms with Crippen molar-refractivity contribution in [1.82, 2.24) is 0 Å². The van der Waals surface area contributed by atoms with Crippen molar-refractivity contribution in [3.8, 4) is 5.75 Å². The number of alkyl halides is 3. The number of ether oxygens (including phenoxy) is 2. The molecule has 0 aliphatic heterocycles. The number of halogens is 4. The van der Waals surface area contributed by atoms with Gasteiger partial charge in [-0.1, -0.05) is 11.6 Å². The number of benzene rings is 1. The van der Waals surface area contributed by atoms with Crippen LogP contribution in [0, 0.1) is 0 Å². The Morgan fingerprint density at radius 3 is 2.56 bits per heavy atom. The zero-order valence-corrected chi connectivity index (χ0v) is 10.3. The Hall–Kier alpha value is -0.980. The van der Waals surface area contributed by atoms with Gasteiger partial charge in [0.15, 0.2) is 0 Å². The topological polar surface area (TPSA) is 38.7 Å². The van der Waals surface area contributed by atoms with Gasteiger partial charge in [0.05, 0.1) is 17.2 Å². The van der Waals surface area contributed by atoms with E-state index in [1.165, 1.54) is 7.11 Å². The smallest absolute Gasteiger partial charge is 0.416 e. The zero-order valence-electron chi connectivity index (χ0n) is 9.50. The fourth-order valence-corrected chi connectivity index (χ4v) is 1.39. The standard InChI is InChI=1S/C11H12ClF3O3/c1-17-5-8(16)6-18-10-4-7(11(13,14)15)2-3-9(10)12/h2-4,8,16H,5-6H2,1H3/t8-/m1/s1. The van der Waals surface area contributed by atoms with Crippen molar-refractivity contribution in [1.29, 1.82) is 0 Å². The number of hydrogen-bond donors (Lipinski definition) is 1. The summed E-state index contributed by atoms with van der Waals surface area (Å²) in [5, 5.41) is 9.36. The quantitative estimate of drug-likeness (QED) is 0.903. The summed E-state index contributed by atoms with van der Waals surface area (Å²) in [6.07, 6.45) is -5.39. The maximum Gasteiger partial charge on any atom is 0.416 e. The predicted octanol–water partition coefficient (Wildman–Crippen LogP) is 2.74. The van der Waals surface area contributed by atoms with Gasteiger partial charge in [0, 0.05) is 7.11 Å². The summed E-state index contributed by atoms with van der Waals surface area (Å²) in [5.41, 5.74) is -0.858. The summed E-state index contributed by atoms with van der Waals surface area (Å²) in [7, 11) is 1.39. The molecular weight excluding hydrogens is 273 g/mol. The molecule has 1 N–H and O–H groups in total. The van der Waals surface area contributed by atoms with Crippen LogP contribution in [0.25, 0.3) is 0 Å². The van der Waals surface area contributed by atoms with E-state index in [-0.39, 0.29) is 24.0 Å². The normalized spacial score (nSPS) is 13.4. The molecule has 7 heteroatoms. The van der Waals surface area contributed by atoms with E-state index in [2.05, 4.69) is 4.74 Å². The van der Waals surface area contributed by atoms with Crippen LogP contribution in [0.3, 0.4) is 0 Å². The van der Waals surface area contributed by atoms with Gasteiger partial charge in [-0.2, -0.15) is 13.2 Å². The first-order chi connectivity index (χ1) is 8.34. The Morgan fingerprint density at radius 1 is 1.33 bits per heavy atom. The van der Waals surface area contributed by atoms with Crippen LogP contribution in [-0.2, 0) is 10.9 Å². The molecular formula is C11H12ClF3O3. The Morgan fingerprint density at radius 2 is 2.00 bits per heavy atom. The average molecular weight is 285 g/mol. The maximum absolute atomic E-state index is 12.5. The first kappa shape index (κ1) is 15.1. The highest BCUT2D eigenvalue weighted by Crippen LogP contribution is 2.34. The van der Waals surface area contributed by atoms with Gasteiger partial charge in [-0.05, 0) is 18.2 Å². The minimum atomic E-state index is -4.46. The van der Waals surface area contributed by atoms with Crippen molar-refractivity contribution in [2.45, 2.75) is 12.3 Å². The highest BCUT2D eigenvalue weighted by Gasteiger charge is 2.31. The molecule has 1 aromatic carbocycles. The lowest BCUT2D eigenvalue weighted by Gasteiger charge is -2.14. The number of hydrogen-bond acceptors (Lipinski definition) is 3. The summed E-state index contributed by atoms with van der Waals surface area (Å²) in [6, 6.07) is 2.76. The van der Waals surface area contributed by atoms with Crippen molar-refractivity contribution in [3.63, 3.8) is 0 Å². The van der Waals surface area contributed by atoms with E-state index >= 15 is 0 Å². The van der Waals surface area contributed by atoms with Crippen LogP contribution < -0.4 is 4.74 Å². The first-order valence-corrected chi connectivity index (χ1v) is 5.39. The lowest BCUT2D eigenvalue weighted by molar-refractivity contribution is -0.137. The fourth-order valence-electron chi connectivity index (χ4n) is 1.22. The van der Waals surface area contributed by atoms with Crippen molar-refractivity contribution < 1.29 is 27.8 Å². The van der Waals surface area contributed by atoms with Crippen molar-refractivity contribution in [2.24, 2.45) is 0 Å². The third-order valence-corrected chi connectivity index (χ3v) is 2.36. The molecule has 1 atom stereocenters. The van der Waals surface area contributed by atoms with E-state index < -0.39 is 17.8 Å². The second kappa shape index (κ2) is 6.26. The summed E-state index contributed by atoms with van der Waals surface area (Å²) in [6.45, 7) is -0.175. The molecule has 18 heavy (non-hydrogen) atoms. The van der Waals surface area contributed by atoms with Crippen LogP contribution in [-0.4, -0.2) is 31.5 Å².